The van der Waals surface area contributed by atoms with E-state index >= 15 is 0 Å². The first kappa shape index (κ1) is 28.8. The third-order valence-corrected chi connectivity index (χ3v) is 6.40. The van der Waals surface area contributed by atoms with Gasteiger partial charge in [0.15, 0.2) is 5.75 Å². The quantitative estimate of drug-likeness (QED) is 0.132. The van der Waals surface area contributed by atoms with Gasteiger partial charge >= 0.3 is 0 Å². The number of nitrogens with zero attached hydrogens (tertiary/aromatic N) is 1. The second-order valence-electron chi connectivity index (χ2n) is 9.87. The molecule has 1 aromatic carbocycles. The van der Waals surface area contributed by atoms with E-state index in [1.165, 1.54) is 56.9 Å². The lowest BCUT2D eigenvalue weighted by Crippen LogP contribution is -2.24. The molecule has 2 rings (SSSR count). The largest absolute Gasteiger partial charge is 0.485 e. The fourth-order valence-electron chi connectivity index (χ4n) is 4.31. The van der Waals surface area contributed by atoms with Gasteiger partial charge in [0, 0.05) is 17.6 Å². The van der Waals surface area contributed by atoms with E-state index in [-0.39, 0.29) is 5.56 Å². The van der Waals surface area contributed by atoms with Crippen LogP contribution in [0.15, 0.2) is 34.6 Å². The van der Waals surface area contributed by atoms with Crippen molar-refractivity contribution in [1.29, 1.82) is 0 Å². The van der Waals surface area contributed by atoms with Crippen molar-refractivity contribution in [1.82, 2.24) is 4.57 Å². The van der Waals surface area contributed by atoms with Gasteiger partial charge in [-0.25, -0.2) is 0 Å². The number of hydrogen-bond donors (Lipinski definition) is 1. The topological polar surface area (TPSA) is 66.5 Å². The van der Waals surface area contributed by atoms with Gasteiger partial charge in [-0.2, -0.15) is 0 Å². The van der Waals surface area contributed by atoms with Crippen LogP contribution in [-0.2, 0) is 6.54 Å². The summed E-state index contributed by atoms with van der Waals surface area (Å²) >= 11 is 0. The van der Waals surface area contributed by atoms with Crippen LogP contribution in [0.2, 0.25) is 0 Å². The van der Waals surface area contributed by atoms with Crippen molar-refractivity contribution >= 4 is 16.6 Å². The predicted molar refractivity (Wildman–Crippen MR) is 150 cm³/mol. The minimum absolute atomic E-state index is 0.116. The summed E-state index contributed by atoms with van der Waals surface area (Å²) < 4.78 is 14.2. The van der Waals surface area contributed by atoms with Gasteiger partial charge in [0.25, 0.3) is 5.56 Å². The highest BCUT2D eigenvalue weighted by molar-refractivity contribution is 5.90. The van der Waals surface area contributed by atoms with Crippen LogP contribution in [-0.4, -0.2) is 17.8 Å². The van der Waals surface area contributed by atoms with Crippen molar-refractivity contribution in [3.63, 3.8) is 0 Å². The molecule has 196 valence electrons. The van der Waals surface area contributed by atoms with E-state index in [0.717, 1.165) is 36.6 Å². The van der Waals surface area contributed by atoms with Crippen molar-refractivity contribution in [2.24, 2.45) is 0 Å². The fourth-order valence-corrected chi connectivity index (χ4v) is 4.31. The highest BCUT2D eigenvalue weighted by atomic mass is 16.5. The van der Waals surface area contributed by atoms with Crippen molar-refractivity contribution in [2.75, 3.05) is 18.9 Å². The van der Waals surface area contributed by atoms with Gasteiger partial charge in [-0.1, -0.05) is 83.6 Å². The van der Waals surface area contributed by atoms with Gasteiger partial charge < -0.3 is 19.8 Å². The molecule has 0 aliphatic rings. The van der Waals surface area contributed by atoms with Crippen LogP contribution in [0.4, 0.5) is 5.69 Å². The SMILES string of the molecule is CCCCCCCCOc1c(OCC=C(C)C)c2ccc(N)cc2n(CCCCCCCC)c1=O. The zero-order chi connectivity index (χ0) is 25.5. The normalized spacial score (nSPS) is 11.1. The number of unbranched alkanes of at least 4 members (excludes halogenated alkanes) is 10. The number of nitrogens with two attached hydrogens (primary N) is 1. The zero-order valence-corrected chi connectivity index (χ0v) is 22.7. The molecule has 0 spiro atoms. The summed E-state index contributed by atoms with van der Waals surface area (Å²) in [4.78, 5) is 13.7. The molecule has 0 aliphatic carbocycles. The number of allylic oxidation sites excluding steroid dienone is 1. The molecule has 0 radical (unpaired) electrons. The van der Waals surface area contributed by atoms with Crippen LogP contribution in [0.5, 0.6) is 11.5 Å². The molecule has 0 atom stereocenters. The Hall–Kier alpha value is -2.43. The smallest absolute Gasteiger partial charge is 0.297 e. The minimum atomic E-state index is -0.116. The standard InChI is InChI=1S/C30H48N2O3/c1-5-7-9-11-13-15-20-32-27-23-25(31)17-18-26(27)28(35-22-19-24(3)4)29(30(32)33)34-21-16-14-12-10-8-6-2/h17-19,23H,5-16,20-22,31H2,1-4H3. The van der Waals surface area contributed by atoms with E-state index in [4.69, 9.17) is 15.2 Å². The molecule has 0 bridgehead atoms. The van der Waals surface area contributed by atoms with E-state index in [0.29, 0.717) is 36.9 Å². The fraction of sp³-hybridized carbons (Fsp3) is 0.633. The number of benzene rings is 1. The maximum atomic E-state index is 13.7. The number of pyridine rings is 1. The molecule has 5 nitrogen and oxygen atoms in total. The Bertz CT molecular complexity index is 974. The lowest BCUT2D eigenvalue weighted by molar-refractivity contribution is 0.272. The van der Waals surface area contributed by atoms with Crippen LogP contribution >= 0.6 is 0 Å². The number of aromatic nitrogens is 1. The number of hydrogen-bond acceptors (Lipinski definition) is 4. The lowest BCUT2D eigenvalue weighted by atomic mass is 10.1. The number of rotatable bonds is 18. The van der Waals surface area contributed by atoms with Gasteiger partial charge in [0.05, 0.1) is 12.1 Å². The Morgan fingerprint density at radius 1 is 0.857 bits per heavy atom. The summed E-state index contributed by atoms with van der Waals surface area (Å²) in [5.74, 6) is 0.872. The average Bonchev–Trinajstić information content (AvgIpc) is 2.83. The first-order valence-corrected chi connectivity index (χ1v) is 13.8. The third-order valence-electron chi connectivity index (χ3n) is 6.40. The van der Waals surface area contributed by atoms with Gasteiger partial charge in [-0.15, -0.1) is 0 Å². The highest BCUT2D eigenvalue weighted by Gasteiger charge is 2.20. The number of anilines is 1. The monoisotopic (exact) mass is 484 g/mol. The predicted octanol–water partition coefficient (Wildman–Crippen LogP) is 8.03. The molecule has 0 amide bonds. The van der Waals surface area contributed by atoms with E-state index < -0.39 is 0 Å². The Morgan fingerprint density at radius 2 is 1.49 bits per heavy atom. The molecular weight excluding hydrogens is 436 g/mol. The molecule has 0 saturated heterocycles. The summed E-state index contributed by atoms with van der Waals surface area (Å²) in [6, 6.07) is 5.71. The molecule has 2 aromatic rings. The van der Waals surface area contributed by atoms with Crippen molar-refractivity contribution in [2.45, 2.75) is 111 Å². The van der Waals surface area contributed by atoms with Crippen LogP contribution in [0.3, 0.4) is 0 Å². The van der Waals surface area contributed by atoms with Crippen LogP contribution in [0.25, 0.3) is 10.9 Å². The zero-order valence-electron chi connectivity index (χ0n) is 22.7. The summed E-state index contributed by atoms with van der Waals surface area (Å²) in [7, 11) is 0. The molecule has 5 heteroatoms. The van der Waals surface area contributed by atoms with Crippen LogP contribution in [0, 0.1) is 0 Å². The third kappa shape index (κ3) is 9.62. The van der Waals surface area contributed by atoms with Crippen LogP contribution in [0.1, 0.15) is 105 Å². The maximum absolute atomic E-state index is 13.7. The lowest BCUT2D eigenvalue weighted by Gasteiger charge is -2.19. The van der Waals surface area contributed by atoms with E-state index in [1.807, 2.05) is 42.7 Å². The van der Waals surface area contributed by atoms with Gasteiger partial charge in [0.1, 0.15) is 6.61 Å². The summed E-state index contributed by atoms with van der Waals surface area (Å²) in [6.07, 6.45) is 16.1. The van der Waals surface area contributed by atoms with Crippen molar-refractivity contribution in [3.8, 4) is 11.5 Å². The van der Waals surface area contributed by atoms with E-state index in [1.54, 1.807) is 0 Å². The highest BCUT2D eigenvalue weighted by Crippen LogP contribution is 2.34. The molecule has 1 heterocycles. The molecule has 0 aliphatic heterocycles. The number of aryl methyl sites for hydroxylation is 1. The second-order valence-corrected chi connectivity index (χ2v) is 9.87. The number of ether oxygens (including phenoxy) is 2. The molecule has 2 N–H and O–H groups in total. The van der Waals surface area contributed by atoms with Gasteiger partial charge in [-0.05, 0) is 51.0 Å². The maximum Gasteiger partial charge on any atom is 0.297 e. The summed E-state index contributed by atoms with van der Waals surface area (Å²) in [5.41, 5.74) is 8.65. The molecule has 35 heavy (non-hydrogen) atoms. The Morgan fingerprint density at radius 3 is 2.14 bits per heavy atom. The van der Waals surface area contributed by atoms with Gasteiger partial charge in [0.2, 0.25) is 5.75 Å². The van der Waals surface area contributed by atoms with Crippen LogP contribution < -0.4 is 20.8 Å². The average molecular weight is 485 g/mol. The van der Waals surface area contributed by atoms with Crippen molar-refractivity contribution in [3.05, 3.63) is 40.2 Å². The molecule has 0 saturated carbocycles. The molecule has 0 fully saturated rings. The summed E-state index contributed by atoms with van der Waals surface area (Å²) in [5, 5.41) is 0.880. The first-order chi connectivity index (χ1) is 17.0. The number of fused-ring (bicyclic) bond motifs is 1. The van der Waals surface area contributed by atoms with Gasteiger partial charge in [-0.3, -0.25) is 4.79 Å². The first-order valence-electron chi connectivity index (χ1n) is 13.8. The summed E-state index contributed by atoms with van der Waals surface area (Å²) in [6.45, 7) is 10.1. The van der Waals surface area contributed by atoms with E-state index in [9.17, 15) is 4.79 Å². The van der Waals surface area contributed by atoms with E-state index in [2.05, 4.69) is 13.8 Å². The Balaban J connectivity index is 2.31. The second kappa shape index (κ2) is 16.3. The number of nitrogen functional groups attached to an aromatic ring is 1. The molecule has 1 aromatic heterocycles. The molecule has 0 unspecified atom stereocenters. The van der Waals surface area contributed by atoms with Crippen molar-refractivity contribution < 1.29 is 9.47 Å². The Kier molecular flexibility index (Phi) is 13.4. The molecular formula is C30H48N2O3. The Labute approximate surface area is 212 Å². The minimum Gasteiger partial charge on any atom is -0.485 e.